The second kappa shape index (κ2) is 8.68. The predicted octanol–water partition coefficient (Wildman–Crippen LogP) is 2.37. The van der Waals surface area contributed by atoms with Crippen LogP contribution in [0.1, 0.15) is 31.2 Å². The van der Waals surface area contributed by atoms with Crippen LogP contribution in [0.25, 0.3) is 0 Å². The molecule has 0 spiro atoms. The zero-order chi connectivity index (χ0) is 17.6. The van der Waals surface area contributed by atoms with E-state index in [4.69, 9.17) is 9.47 Å². The van der Waals surface area contributed by atoms with Crippen molar-refractivity contribution in [1.82, 2.24) is 9.80 Å². The molecule has 0 N–H and O–H groups in total. The molecule has 0 aliphatic carbocycles. The highest BCUT2D eigenvalue weighted by Gasteiger charge is 2.25. The van der Waals surface area contributed by atoms with Crippen molar-refractivity contribution in [3.8, 4) is 5.75 Å². The number of nitrogens with zero attached hydrogens (tertiary/aromatic N) is 2. The van der Waals surface area contributed by atoms with Crippen molar-refractivity contribution in [3.05, 3.63) is 29.8 Å². The molecule has 2 heterocycles. The number of amides is 1. The normalized spacial score (nSPS) is 22.8. The maximum absolute atomic E-state index is 12.6. The van der Waals surface area contributed by atoms with E-state index in [1.54, 1.807) is 7.11 Å². The van der Waals surface area contributed by atoms with Crippen molar-refractivity contribution in [1.29, 1.82) is 0 Å². The molecule has 5 heteroatoms. The van der Waals surface area contributed by atoms with Gasteiger partial charge in [0.15, 0.2) is 0 Å². The van der Waals surface area contributed by atoms with E-state index in [-0.39, 0.29) is 11.8 Å². The molecule has 0 unspecified atom stereocenters. The van der Waals surface area contributed by atoms with Gasteiger partial charge in [-0.3, -0.25) is 9.69 Å². The molecule has 0 saturated carbocycles. The molecule has 1 aromatic carbocycles. The maximum Gasteiger partial charge on any atom is 0.223 e. The molecule has 1 amide bonds. The van der Waals surface area contributed by atoms with Gasteiger partial charge in [-0.1, -0.05) is 19.1 Å². The van der Waals surface area contributed by atoms with Crippen LogP contribution in [0.15, 0.2) is 24.3 Å². The number of hydrogen-bond acceptors (Lipinski definition) is 4. The summed E-state index contributed by atoms with van der Waals surface area (Å²) in [5.41, 5.74) is 1.16. The Hall–Kier alpha value is -1.59. The van der Waals surface area contributed by atoms with Gasteiger partial charge in [-0.05, 0) is 36.0 Å². The molecule has 5 nitrogen and oxygen atoms in total. The van der Waals surface area contributed by atoms with Crippen molar-refractivity contribution in [2.45, 2.75) is 25.7 Å². The van der Waals surface area contributed by atoms with E-state index in [9.17, 15) is 4.79 Å². The van der Waals surface area contributed by atoms with Crippen molar-refractivity contribution >= 4 is 5.91 Å². The van der Waals surface area contributed by atoms with Crippen LogP contribution >= 0.6 is 0 Å². The first-order valence-corrected chi connectivity index (χ1v) is 9.37. The molecule has 0 aromatic heterocycles. The monoisotopic (exact) mass is 346 g/mol. The minimum absolute atomic E-state index is 0.205. The SMILES string of the molecule is COc1cccc([C@@H](C)CC(=O)N2CCN(C[C@@H]3CCOC3)CC2)c1. The molecule has 0 bridgehead atoms. The average molecular weight is 346 g/mol. The molecule has 3 rings (SSSR count). The Labute approximate surface area is 150 Å². The number of rotatable bonds is 6. The molecule has 2 fully saturated rings. The second-order valence-electron chi connectivity index (χ2n) is 7.29. The molecule has 25 heavy (non-hydrogen) atoms. The first-order valence-electron chi connectivity index (χ1n) is 9.37. The Morgan fingerprint density at radius 1 is 1.32 bits per heavy atom. The molecule has 2 atom stereocenters. The van der Waals surface area contributed by atoms with Gasteiger partial charge in [0.1, 0.15) is 5.75 Å². The third kappa shape index (κ3) is 4.95. The van der Waals surface area contributed by atoms with E-state index in [1.807, 2.05) is 23.1 Å². The fourth-order valence-electron chi connectivity index (χ4n) is 3.73. The number of carbonyl (C=O) groups is 1. The zero-order valence-electron chi connectivity index (χ0n) is 15.4. The fourth-order valence-corrected chi connectivity index (χ4v) is 3.73. The third-order valence-corrected chi connectivity index (χ3v) is 5.41. The van der Waals surface area contributed by atoms with Crippen LogP contribution in [0, 0.1) is 5.92 Å². The van der Waals surface area contributed by atoms with Crippen LogP contribution in [0.5, 0.6) is 5.75 Å². The van der Waals surface area contributed by atoms with Crippen LogP contribution in [-0.4, -0.2) is 68.8 Å². The first kappa shape index (κ1) is 18.2. The van der Waals surface area contributed by atoms with Crippen molar-refractivity contribution in [2.24, 2.45) is 5.92 Å². The average Bonchev–Trinajstić information content (AvgIpc) is 3.15. The topological polar surface area (TPSA) is 42.0 Å². The van der Waals surface area contributed by atoms with Gasteiger partial charge >= 0.3 is 0 Å². The Kier molecular flexibility index (Phi) is 6.32. The number of methoxy groups -OCH3 is 1. The van der Waals surface area contributed by atoms with Crippen LogP contribution < -0.4 is 4.74 Å². The van der Waals surface area contributed by atoms with Gasteiger partial charge in [0.05, 0.1) is 13.7 Å². The second-order valence-corrected chi connectivity index (χ2v) is 7.29. The summed E-state index contributed by atoms with van der Waals surface area (Å²) >= 11 is 0. The third-order valence-electron chi connectivity index (χ3n) is 5.41. The van der Waals surface area contributed by atoms with Gasteiger partial charge in [-0.15, -0.1) is 0 Å². The quantitative estimate of drug-likeness (QED) is 0.793. The van der Waals surface area contributed by atoms with E-state index in [0.717, 1.165) is 57.3 Å². The van der Waals surface area contributed by atoms with Crippen LogP contribution in [-0.2, 0) is 9.53 Å². The van der Waals surface area contributed by atoms with Gasteiger partial charge < -0.3 is 14.4 Å². The number of piperazine rings is 1. The van der Waals surface area contributed by atoms with E-state index in [0.29, 0.717) is 12.3 Å². The highest BCUT2D eigenvalue weighted by Crippen LogP contribution is 2.24. The van der Waals surface area contributed by atoms with E-state index >= 15 is 0 Å². The summed E-state index contributed by atoms with van der Waals surface area (Å²) in [6.45, 7) is 8.69. The van der Waals surface area contributed by atoms with Crippen molar-refractivity contribution in [3.63, 3.8) is 0 Å². The largest absolute Gasteiger partial charge is 0.497 e. The Morgan fingerprint density at radius 3 is 2.80 bits per heavy atom. The van der Waals surface area contributed by atoms with Crippen LogP contribution in [0.4, 0.5) is 0 Å². The standard InChI is InChI=1S/C20H30N2O3/c1-16(18-4-3-5-19(13-18)24-2)12-20(23)22-9-7-21(8-10-22)14-17-6-11-25-15-17/h3-5,13,16-17H,6-12,14-15H2,1-2H3/t16-,17-/m0/s1. The highest BCUT2D eigenvalue weighted by molar-refractivity contribution is 5.77. The van der Waals surface area contributed by atoms with Gasteiger partial charge in [0, 0.05) is 45.8 Å². The zero-order valence-corrected chi connectivity index (χ0v) is 15.4. The summed E-state index contributed by atoms with van der Waals surface area (Å²) < 4.78 is 10.7. The summed E-state index contributed by atoms with van der Waals surface area (Å²) in [6, 6.07) is 8.02. The predicted molar refractivity (Wildman–Crippen MR) is 98.0 cm³/mol. The number of ether oxygens (including phenoxy) is 2. The molecular weight excluding hydrogens is 316 g/mol. The molecule has 0 radical (unpaired) electrons. The highest BCUT2D eigenvalue weighted by atomic mass is 16.5. The lowest BCUT2D eigenvalue weighted by molar-refractivity contribution is -0.133. The van der Waals surface area contributed by atoms with Crippen molar-refractivity contribution in [2.75, 3.05) is 53.0 Å². The van der Waals surface area contributed by atoms with E-state index in [2.05, 4.69) is 17.9 Å². The molecule has 2 aliphatic heterocycles. The molecule has 138 valence electrons. The Bertz CT molecular complexity index is 564. The van der Waals surface area contributed by atoms with Gasteiger partial charge in [-0.25, -0.2) is 0 Å². The lowest BCUT2D eigenvalue weighted by Crippen LogP contribution is -2.50. The molecular formula is C20H30N2O3. The summed E-state index contributed by atoms with van der Waals surface area (Å²) in [7, 11) is 1.67. The Balaban J connectivity index is 1.45. The van der Waals surface area contributed by atoms with Crippen LogP contribution in [0.3, 0.4) is 0 Å². The van der Waals surface area contributed by atoms with Crippen molar-refractivity contribution < 1.29 is 14.3 Å². The van der Waals surface area contributed by atoms with Gasteiger partial charge in [-0.2, -0.15) is 0 Å². The number of carbonyl (C=O) groups excluding carboxylic acids is 1. The fraction of sp³-hybridized carbons (Fsp3) is 0.650. The maximum atomic E-state index is 12.6. The molecule has 2 aliphatic rings. The summed E-state index contributed by atoms with van der Waals surface area (Å²) in [6.07, 6.45) is 1.74. The summed E-state index contributed by atoms with van der Waals surface area (Å²) in [5.74, 6) is 1.99. The lowest BCUT2D eigenvalue weighted by Gasteiger charge is -2.36. The lowest BCUT2D eigenvalue weighted by atomic mass is 9.97. The summed E-state index contributed by atoms with van der Waals surface area (Å²) in [5, 5.41) is 0. The van der Waals surface area contributed by atoms with E-state index in [1.165, 1.54) is 6.42 Å². The molecule has 1 aromatic rings. The summed E-state index contributed by atoms with van der Waals surface area (Å²) in [4.78, 5) is 17.2. The Morgan fingerprint density at radius 2 is 2.12 bits per heavy atom. The minimum atomic E-state index is 0.205. The van der Waals surface area contributed by atoms with Crippen LogP contribution in [0.2, 0.25) is 0 Å². The molecule has 2 saturated heterocycles. The van der Waals surface area contributed by atoms with Gasteiger partial charge in [0.2, 0.25) is 5.91 Å². The smallest absolute Gasteiger partial charge is 0.223 e. The number of benzene rings is 1. The first-order chi connectivity index (χ1) is 12.2. The van der Waals surface area contributed by atoms with E-state index < -0.39 is 0 Å². The number of hydrogen-bond donors (Lipinski definition) is 0. The minimum Gasteiger partial charge on any atom is -0.497 e. The van der Waals surface area contributed by atoms with Gasteiger partial charge in [0.25, 0.3) is 0 Å².